The molecule has 35 heavy (non-hydrogen) atoms. The molecule has 0 unspecified atom stereocenters. The first-order valence-electron chi connectivity index (χ1n) is 11.2. The van der Waals surface area contributed by atoms with Gasteiger partial charge in [-0.2, -0.15) is 0 Å². The number of nitrogens with two attached hydrogens (primary N) is 1. The molecule has 4 atom stereocenters. The Hall–Kier alpha value is -3.15. The molecule has 0 bridgehead atoms. The van der Waals surface area contributed by atoms with E-state index in [0.717, 1.165) is 0 Å². The number of phenols is 1. The van der Waals surface area contributed by atoms with Crippen molar-refractivity contribution < 1.29 is 34.8 Å². The zero-order chi connectivity index (χ0) is 26.0. The van der Waals surface area contributed by atoms with Crippen LogP contribution in [0.3, 0.4) is 0 Å². The summed E-state index contributed by atoms with van der Waals surface area (Å²) in [5, 5.41) is 47.6. The van der Waals surface area contributed by atoms with E-state index in [-0.39, 0.29) is 29.7 Å². The van der Waals surface area contributed by atoms with Crippen molar-refractivity contribution in [1.82, 2.24) is 10.2 Å². The van der Waals surface area contributed by atoms with Crippen LogP contribution in [-0.4, -0.2) is 89.9 Å². The van der Waals surface area contributed by atoms with Crippen molar-refractivity contribution in [2.45, 2.75) is 31.0 Å². The molecule has 4 rings (SSSR count). The van der Waals surface area contributed by atoms with E-state index in [2.05, 4.69) is 5.32 Å². The van der Waals surface area contributed by atoms with Gasteiger partial charge in [-0.25, -0.2) is 0 Å². The van der Waals surface area contributed by atoms with E-state index >= 15 is 0 Å². The van der Waals surface area contributed by atoms with E-state index in [1.54, 1.807) is 26.0 Å². The summed E-state index contributed by atoms with van der Waals surface area (Å²) in [6.45, 7) is 0.399. The number of carbonyl (C=O) groups is 2. The Balaban J connectivity index is 1.96. The van der Waals surface area contributed by atoms with Crippen LogP contribution in [0.1, 0.15) is 23.1 Å². The number of nitrogens with one attached hydrogen (secondary N) is 1. The van der Waals surface area contributed by atoms with Gasteiger partial charge in [0.25, 0.3) is 0 Å². The number of phenolic OH excluding ortho intramolecular Hbond substituents is 1. The van der Waals surface area contributed by atoms with Gasteiger partial charge < -0.3 is 0 Å². The van der Waals surface area contributed by atoms with Crippen LogP contribution in [0.2, 0.25) is 0 Å². The minimum absolute atomic E-state index is 0.0513. The molecule has 3 aliphatic rings. The number of amides is 1. The summed E-state index contributed by atoms with van der Waals surface area (Å²) in [5.41, 5.74) is 3.15. The number of rotatable bonds is 5. The zero-order valence-electron chi connectivity index (χ0n) is 20.0. The molecule has 185 valence electrons. The van der Waals surface area contributed by atoms with Crippen molar-refractivity contribution in [3.8, 4) is 11.5 Å². The summed E-state index contributed by atoms with van der Waals surface area (Å²) >= 11 is 0. The number of benzene rings is 1. The standard InChI is InChI=1S/C24H29BN3O7/c1-27-8-10-7-13(29)15-11(20(10)35-4)5-9-6-12-17(28(2)3)19(31)16(23(26)33)21(25)24(12,34)22(32)14(9)18(15)30/h7,9,12,17,27,29-31,34H,5-6,8H2,1-4H3,(H2,26,33)/t9-,12-,17-,24+/m0/s1. The molecule has 1 fully saturated rings. The average molecular weight is 482 g/mol. The Morgan fingerprint density at radius 2 is 2.00 bits per heavy atom. The van der Waals surface area contributed by atoms with Crippen molar-refractivity contribution in [2.75, 3.05) is 28.3 Å². The summed E-state index contributed by atoms with van der Waals surface area (Å²) in [6, 6.07) is 0.514. The number of Topliss-reactive ketones (excluding diaryl/α,β-unsaturated/α-hetero) is 1. The fourth-order valence-corrected chi connectivity index (χ4v) is 6.03. The fourth-order valence-electron chi connectivity index (χ4n) is 6.03. The fraction of sp³-hybridized carbons (Fsp3) is 0.458. The molecule has 0 heterocycles. The van der Waals surface area contributed by atoms with Gasteiger partial charge in [-0.1, -0.05) is 0 Å². The molecule has 7 N–H and O–H groups in total. The zero-order valence-corrected chi connectivity index (χ0v) is 20.0. The summed E-state index contributed by atoms with van der Waals surface area (Å²) in [7, 11) is 12.6. The number of nitrogens with zero attached hydrogens (tertiary/aromatic N) is 1. The molecular weight excluding hydrogens is 453 g/mol. The molecule has 1 amide bonds. The third-order valence-corrected chi connectivity index (χ3v) is 7.42. The second-order valence-electron chi connectivity index (χ2n) is 9.52. The van der Waals surface area contributed by atoms with E-state index in [9.17, 15) is 30.0 Å². The molecule has 1 aromatic rings. The third-order valence-electron chi connectivity index (χ3n) is 7.42. The van der Waals surface area contributed by atoms with Crippen LogP contribution < -0.4 is 15.8 Å². The van der Waals surface area contributed by atoms with Gasteiger partial charge in [0.2, 0.25) is 0 Å². The Morgan fingerprint density at radius 1 is 1.34 bits per heavy atom. The molecule has 10 nitrogen and oxygen atoms in total. The average Bonchev–Trinajstić information content (AvgIpc) is 2.76. The van der Waals surface area contributed by atoms with Gasteiger partial charge in [0.1, 0.15) is 0 Å². The van der Waals surface area contributed by atoms with Crippen molar-refractivity contribution in [3.05, 3.63) is 39.7 Å². The van der Waals surface area contributed by atoms with Gasteiger partial charge in [0.05, 0.1) is 0 Å². The molecule has 0 spiro atoms. The molecular formula is C24H29BN3O7. The first kappa shape index (κ1) is 25.0. The number of likely N-dealkylation sites (N-methyl/N-ethyl adjacent to an activating group) is 1. The van der Waals surface area contributed by atoms with Gasteiger partial charge in [0.15, 0.2) is 0 Å². The van der Waals surface area contributed by atoms with E-state index in [4.69, 9.17) is 18.0 Å². The number of ether oxygens (including phenoxy) is 1. The van der Waals surface area contributed by atoms with E-state index in [0.29, 0.717) is 23.4 Å². The maximum atomic E-state index is 13.9. The molecule has 11 heteroatoms. The third kappa shape index (κ3) is 3.33. The van der Waals surface area contributed by atoms with Gasteiger partial charge in [-0.3, -0.25) is 0 Å². The molecule has 0 aliphatic heterocycles. The summed E-state index contributed by atoms with van der Waals surface area (Å²) in [5.74, 6) is -4.14. The molecule has 1 saturated carbocycles. The number of carbonyl (C=O) groups excluding carboxylic acids is 2. The van der Waals surface area contributed by atoms with Gasteiger partial charge in [0, 0.05) is 0 Å². The molecule has 0 saturated heterocycles. The first-order chi connectivity index (χ1) is 16.4. The van der Waals surface area contributed by atoms with Crippen molar-refractivity contribution >= 4 is 30.4 Å². The van der Waals surface area contributed by atoms with E-state index in [1.807, 2.05) is 0 Å². The Bertz CT molecular complexity index is 1220. The summed E-state index contributed by atoms with van der Waals surface area (Å²) in [6.07, 6.45) is 0.370. The van der Waals surface area contributed by atoms with Crippen LogP contribution in [0.5, 0.6) is 11.5 Å². The Labute approximate surface area is 203 Å². The van der Waals surface area contributed by atoms with Crippen molar-refractivity contribution in [1.29, 1.82) is 0 Å². The number of fused-ring (bicyclic) bond motifs is 3. The van der Waals surface area contributed by atoms with Gasteiger partial charge in [-0.05, 0) is 0 Å². The predicted molar refractivity (Wildman–Crippen MR) is 129 cm³/mol. The van der Waals surface area contributed by atoms with Crippen LogP contribution >= 0.6 is 0 Å². The number of primary amides is 1. The first-order valence-corrected chi connectivity index (χ1v) is 11.2. The van der Waals surface area contributed by atoms with E-state index < -0.39 is 57.7 Å². The topological polar surface area (TPSA) is 166 Å². The summed E-state index contributed by atoms with van der Waals surface area (Å²) < 4.78 is 5.62. The van der Waals surface area contributed by atoms with Gasteiger partial charge in [-0.15, -0.1) is 0 Å². The number of aliphatic hydroxyl groups excluding tert-OH is 2. The number of hydrogen-bond donors (Lipinski definition) is 6. The predicted octanol–water partition coefficient (Wildman–Crippen LogP) is -0.536. The SMILES string of the molecule is [B]=C1C(C(N)=O)=C(O)[C@@H](N(C)C)[C@@H]2C[C@@H]3Cc4c(OC)c(CNC)cc(O)c4C(O)=C3C(=O)[C@]12O. The Kier molecular flexibility index (Phi) is 6.07. The number of methoxy groups -OCH3 is 1. The van der Waals surface area contributed by atoms with Gasteiger partial charge >= 0.3 is 203 Å². The summed E-state index contributed by atoms with van der Waals surface area (Å²) in [4.78, 5) is 27.6. The second-order valence-corrected chi connectivity index (χ2v) is 9.52. The molecule has 1 aromatic carbocycles. The van der Waals surface area contributed by atoms with Crippen LogP contribution in [0.15, 0.2) is 23.0 Å². The quantitative estimate of drug-likeness (QED) is 0.303. The number of ketones is 1. The van der Waals surface area contributed by atoms with Crippen molar-refractivity contribution in [2.24, 2.45) is 17.6 Å². The number of hydrogen-bond acceptors (Lipinski definition) is 9. The van der Waals surface area contributed by atoms with Crippen molar-refractivity contribution in [3.63, 3.8) is 0 Å². The van der Waals surface area contributed by atoms with Crippen LogP contribution in [-0.2, 0) is 22.6 Å². The van der Waals surface area contributed by atoms with Crippen LogP contribution in [0.4, 0.5) is 0 Å². The van der Waals surface area contributed by atoms with E-state index in [1.165, 1.54) is 13.2 Å². The maximum absolute atomic E-state index is 13.9. The van der Waals surface area contributed by atoms with Crippen LogP contribution in [0.25, 0.3) is 5.76 Å². The normalized spacial score (nSPS) is 28.1. The molecule has 1 radical (unpaired) electrons. The molecule has 0 aromatic heterocycles. The molecule has 3 aliphatic carbocycles. The number of aromatic hydroxyl groups is 1. The Morgan fingerprint density at radius 3 is 2.54 bits per heavy atom. The minimum atomic E-state index is -2.39. The van der Waals surface area contributed by atoms with Crippen LogP contribution in [0, 0.1) is 11.8 Å². The number of aliphatic hydroxyl groups is 3. The monoisotopic (exact) mass is 482 g/mol. The second kappa shape index (κ2) is 8.51.